The van der Waals surface area contributed by atoms with Gasteiger partial charge in [-0.2, -0.15) is 0 Å². The van der Waals surface area contributed by atoms with Gasteiger partial charge in [0.2, 0.25) is 0 Å². The van der Waals surface area contributed by atoms with Crippen LogP contribution >= 0.6 is 22.6 Å². The van der Waals surface area contributed by atoms with Crippen LogP contribution in [0.4, 0.5) is 0 Å². The second kappa shape index (κ2) is 6.13. The topological polar surface area (TPSA) is 17.1 Å². The van der Waals surface area contributed by atoms with Crippen LogP contribution in [0.25, 0.3) is 0 Å². The molecule has 0 bridgehead atoms. The summed E-state index contributed by atoms with van der Waals surface area (Å²) in [5.41, 5.74) is 1.25. The van der Waals surface area contributed by atoms with Crippen LogP contribution in [0, 0.1) is 0 Å². The molecule has 2 heteroatoms. The zero-order chi connectivity index (χ0) is 9.52. The van der Waals surface area contributed by atoms with Crippen LogP contribution in [0.5, 0.6) is 0 Å². The molecule has 0 heterocycles. The number of ketones is 1. The Bertz CT molecular complexity index is 256. The van der Waals surface area contributed by atoms with E-state index in [0.29, 0.717) is 18.6 Å². The van der Waals surface area contributed by atoms with Crippen LogP contribution in [-0.4, -0.2) is 10.2 Å². The molecule has 0 spiro atoms. The minimum atomic E-state index is 0.373. The van der Waals surface area contributed by atoms with E-state index < -0.39 is 0 Å². The lowest BCUT2D eigenvalue weighted by molar-refractivity contribution is -0.118. The summed E-state index contributed by atoms with van der Waals surface area (Å²) in [7, 11) is 0. The Labute approximate surface area is 92.7 Å². The van der Waals surface area contributed by atoms with Crippen molar-refractivity contribution in [2.24, 2.45) is 0 Å². The van der Waals surface area contributed by atoms with Gasteiger partial charge in [-0.1, -0.05) is 52.9 Å². The van der Waals surface area contributed by atoms with E-state index in [0.717, 1.165) is 10.8 Å². The highest BCUT2D eigenvalue weighted by Gasteiger charge is 2.00. The lowest BCUT2D eigenvalue weighted by Gasteiger charge is -1.99. The van der Waals surface area contributed by atoms with Gasteiger partial charge < -0.3 is 0 Å². The number of carbonyl (C=O) groups excluding carboxylic acids is 1. The predicted molar refractivity (Wildman–Crippen MR) is 63.3 cm³/mol. The average molecular weight is 288 g/mol. The van der Waals surface area contributed by atoms with E-state index in [-0.39, 0.29) is 0 Å². The molecule has 0 saturated heterocycles. The molecule has 0 aromatic heterocycles. The van der Waals surface area contributed by atoms with Crippen molar-refractivity contribution in [1.82, 2.24) is 0 Å². The highest BCUT2D eigenvalue weighted by atomic mass is 127. The minimum Gasteiger partial charge on any atom is -0.300 e. The summed E-state index contributed by atoms with van der Waals surface area (Å²) in [5.74, 6) is 0.373. The van der Waals surface area contributed by atoms with E-state index in [2.05, 4.69) is 34.7 Å². The van der Waals surface area contributed by atoms with Crippen molar-refractivity contribution in [3.8, 4) is 0 Å². The van der Waals surface area contributed by atoms with Gasteiger partial charge in [-0.3, -0.25) is 4.79 Å². The van der Waals surface area contributed by atoms with Crippen molar-refractivity contribution in [3.63, 3.8) is 0 Å². The van der Waals surface area contributed by atoms with Gasteiger partial charge in [0.15, 0.2) is 0 Å². The second-order valence-electron chi connectivity index (χ2n) is 2.96. The number of hydrogen-bond donors (Lipinski definition) is 0. The predicted octanol–water partition coefficient (Wildman–Crippen LogP) is 3.01. The average Bonchev–Trinajstić information content (AvgIpc) is 2.17. The Balaban J connectivity index is 2.31. The molecule has 0 atom stereocenters. The molecule has 1 nitrogen and oxygen atoms in total. The quantitative estimate of drug-likeness (QED) is 0.601. The summed E-state index contributed by atoms with van der Waals surface area (Å²) in [4.78, 5) is 11.2. The fourth-order valence-corrected chi connectivity index (χ4v) is 1.76. The first kappa shape index (κ1) is 10.7. The molecule has 0 unspecified atom stereocenters. The van der Waals surface area contributed by atoms with Crippen molar-refractivity contribution in [2.45, 2.75) is 19.3 Å². The van der Waals surface area contributed by atoms with Crippen LogP contribution in [0.3, 0.4) is 0 Å². The number of rotatable bonds is 5. The molecule has 1 aromatic carbocycles. The first-order chi connectivity index (χ1) is 6.33. The van der Waals surface area contributed by atoms with Gasteiger partial charge in [0.1, 0.15) is 5.78 Å². The standard InChI is InChI=1S/C11H13IO/c12-9-8-11(13)7-6-10-4-2-1-3-5-10/h1-5H,6-9H2. The Morgan fingerprint density at radius 3 is 2.46 bits per heavy atom. The van der Waals surface area contributed by atoms with Crippen LogP contribution in [-0.2, 0) is 11.2 Å². The van der Waals surface area contributed by atoms with Crippen molar-refractivity contribution in [2.75, 3.05) is 4.43 Å². The fourth-order valence-electron chi connectivity index (χ4n) is 1.16. The Morgan fingerprint density at radius 2 is 1.85 bits per heavy atom. The molecule has 0 aliphatic carbocycles. The van der Waals surface area contributed by atoms with Crippen LogP contribution in [0.2, 0.25) is 0 Å². The first-order valence-electron chi connectivity index (χ1n) is 4.44. The van der Waals surface area contributed by atoms with E-state index in [9.17, 15) is 4.79 Å². The highest BCUT2D eigenvalue weighted by Crippen LogP contribution is 2.04. The van der Waals surface area contributed by atoms with Gasteiger partial charge in [0.25, 0.3) is 0 Å². The number of Topliss-reactive ketones (excluding diaryl/α,β-unsaturated/α-hetero) is 1. The van der Waals surface area contributed by atoms with Crippen LogP contribution < -0.4 is 0 Å². The van der Waals surface area contributed by atoms with Crippen molar-refractivity contribution in [3.05, 3.63) is 35.9 Å². The summed E-state index contributed by atoms with van der Waals surface area (Å²) in [6, 6.07) is 10.2. The monoisotopic (exact) mass is 288 g/mol. The molecule has 0 aliphatic rings. The molecule has 0 fully saturated rings. The maximum Gasteiger partial charge on any atom is 0.134 e. The SMILES string of the molecule is O=C(CCI)CCc1ccccc1. The van der Waals surface area contributed by atoms with E-state index in [1.165, 1.54) is 5.56 Å². The van der Waals surface area contributed by atoms with E-state index in [1.54, 1.807) is 0 Å². The Hall–Kier alpha value is -0.380. The van der Waals surface area contributed by atoms with Gasteiger partial charge in [-0.15, -0.1) is 0 Å². The number of hydrogen-bond acceptors (Lipinski definition) is 1. The molecular weight excluding hydrogens is 275 g/mol. The Kier molecular flexibility index (Phi) is 5.05. The maximum atomic E-state index is 11.2. The molecule has 1 rings (SSSR count). The molecule has 1 aromatic rings. The maximum absolute atomic E-state index is 11.2. The number of carbonyl (C=O) groups is 1. The van der Waals surface area contributed by atoms with Gasteiger partial charge in [0, 0.05) is 17.3 Å². The molecule has 0 N–H and O–H groups in total. The third-order valence-electron chi connectivity index (χ3n) is 1.91. The molecule has 0 aliphatic heterocycles. The zero-order valence-corrected chi connectivity index (χ0v) is 9.66. The van der Waals surface area contributed by atoms with Crippen molar-refractivity contribution >= 4 is 28.4 Å². The largest absolute Gasteiger partial charge is 0.300 e. The lowest BCUT2D eigenvalue weighted by atomic mass is 10.1. The molecule has 0 amide bonds. The first-order valence-corrected chi connectivity index (χ1v) is 5.97. The Morgan fingerprint density at radius 1 is 1.15 bits per heavy atom. The van der Waals surface area contributed by atoms with Gasteiger partial charge in [-0.25, -0.2) is 0 Å². The molecule has 0 radical (unpaired) electrons. The van der Waals surface area contributed by atoms with E-state index >= 15 is 0 Å². The second-order valence-corrected chi connectivity index (χ2v) is 4.04. The van der Waals surface area contributed by atoms with Gasteiger partial charge in [-0.05, 0) is 12.0 Å². The number of aryl methyl sites for hydroxylation is 1. The van der Waals surface area contributed by atoms with E-state index in [4.69, 9.17) is 0 Å². The number of benzene rings is 1. The summed E-state index contributed by atoms with van der Waals surface area (Å²) in [6.45, 7) is 0. The van der Waals surface area contributed by atoms with E-state index in [1.807, 2.05) is 18.2 Å². The molecular formula is C11H13IO. The third kappa shape index (κ3) is 4.41. The molecule has 0 saturated carbocycles. The van der Waals surface area contributed by atoms with Crippen LogP contribution in [0.1, 0.15) is 18.4 Å². The zero-order valence-electron chi connectivity index (χ0n) is 7.50. The lowest BCUT2D eigenvalue weighted by Crippen LogP contribution is -2.00. The van der Waals surface area contributed by atoms with Crippen molar-refractivity contribution in [1.29, 1.82) is 0 Å². The summed E-state index contributed by atoms with van der Waals surface area (Å²) in [5, 5.41) is 0. The van der Waals surface area contributed by atoms with Crippen molar-refractivity contribution < 1.29 is 4.79 Å². The number of alkyl halides is 1. The summed E-state index contributed by atoms with van der Waals surface area (Å²) >= 11 is 2.24. The fraction of sp³-hybridized carbons (Fsp3) is 0.364. The summed E-state index contributed by atoms with van der Waals surface area (Å²) < 4.78 is 0.936. The number of halogens is 1. The smallest absolute Gasteiger partial charge is 0.134 e. The van der Waals surface area contributed by atoms with Gasteiger partial charge in [0.05, 0.1) is 0 Å². The minimum absolute atomic E-state index is 0.373. The summed E-state index contributed by atoms with van der Waals surface area (Å²) in [6.07, 6.45) is 2.29. The highest BCUT2D eigenvalue weighted by molar-refractivity contribution is 14.1. The normalized spacial score (nSPS) is 9.92. The van der Waals surface area contributed by atoms with Crippen LogP contribution in [0.15, 0.2) is 30.3 Å². The third-order valence-corrected chi connectivity index (χ3v) is 2.45. The molecule has 70 valence electrons. The van der Waals surface area contributed by atoms with Gasteiger partial charge >= 0.3 is 0 Å². The molecule has 13 heavy (non-hydrogen) atoms.